The summed E-state index contributed by atoms with van der Waals surface area (Å²) in [7, 11) is 0. The largest absolute Gasteiger partial charge is 0.486 e. The summed E-state index contributed by atoms with van der Waals surface area (Å²) in [5.41, 5.74) is 1.06. The highest BCUT2D eigenvalue weighted by atomic mass is 16.5. The van der Waals surface area contributed by atoms with E-state index in [-0.39, 0.29) is 17.0 Å². The van der Waals surface area contributed by atoms with Gasteiger partial charge in [0.05, 0.1) is 25.5 Å². The van der Waals surface area contributed by atoms with E-state index in [0.717, 1.165) is 31.6 Å². The lowest BCUT2D eigenvalue weighted by atomic mass is 10.3. The van der Waals surface area contributed by atoms with Crippen LogP contribution in [0.15, 0.2) is 23.1 Å². The van der Waals surface area contributed by atoms with Crippen LogP contribution in [-0.2, 0) is 4.74 Å². The smallest absolute Gasteiger partial charge is 0.301 e. The van der Waals surface area contributed by atoms with Gasteiger partial charge in [0.25, 0.3) is 0 Å². The molecule has 126 valence electrons. The zero-order valence-corrected chi connectivity index (χ0v) is 13.7. The molecule has 0 unspecified atom stereocenters. The fraction of sp³-hybridized carbons (Fsp3) is 0.471. The van der Waals surface area contributed by atoms with Crippen molar-refractivity contribution < 1.29 is 9.47 Å². The number of anilines is 1. The first-order valence-corrected chi connectivity index (χ1v) is 8.16. The number of nitriles is 1. The molecule has 1 aliphatic rings. The van der Waals surface area contributed by atoms with Crippen LogP contribution in [0.1, 0.15) is 25.5 Å². The van der Waals surface area contributed by atoms with Gasteiger partial charge in [-0.1, -0.05) is 13.3 Å². The molecule has 2 aromatic heterocycles. The van der Waals surface area contributed by atoms with Gasteiger partial charge in [-0.05, 0) is 18.6 Å². The zero-order chi connectivity index (χ0) is 16.9. The second kappa shape index (κ2) is 7.32. The van der Waals surface area contributed by atoms with Gasteiger partial charge in [-0.25, -0.2) is 4.98 Å². The van der Waals surface area contributed by atoms with Gasteiger partial charge in [0.2, 0.25) is 5.75 Å². The van der Waals surface area contributed by atoms with E-state index in [9.17, 15) is 10.1 Å². The predicted octanol–water partition coefficient (Wildman–Crippen LogP) is 1.58. The van der Waals surface area contributed by atoms with Crippen molar-refractivity contribution in [2.75, 3.05) is 37.8 Å². The Morgan fingerprint density at radius 1 is 1.38 bits per heavy atom. The standard InChI is InChI=1S/C17H20N4O3/c1-2-3-8-24-16-14(11-18)19-15-5-4-13(12-21(15)17(16)22)20-6-9-23-10-7-20/h4-5,12H,2-3,6-10H2,1H3. The Balaban J connectivity index is 2.02. The molecule has 3 heterocycles. The minimum atomic E-state index is -0.345. The van der Waals surface area contributed by atoms with Crippen LogP contribution in [0, 0.1) is 11.3 Å². The maximum atomic E-state index is 12.7. The Morgan fingerprint density at radius 3 is 2.88 bits per heavy atom. The molecular weight excluding hydrogens is 308 g/mol. The third kappa shape index (κ3) is 3.19. The third-order valence-corrected chi connectivity index (χ3v) is 3.99. The first-order chi connectivity index (χ1) is 11.7. The normalized spacial score (nSPS) is 14.6. The number of unbranched alkanes of at least 4 members (excludes halogenated alkanes) is 1. The summed E-state index contributed by atoms with van der Waals surface area (Å²) in [5.74, 6) is 0.0302. The summed E-state index contributed by atoms with van der Waals surface area (Å²) in [6.45, 7) is 5.34. The van der Waals surface area contributed by atoms with Crippen LogP contribution in [0.5, 0.6) is 5.75 Å². The van der Waals surface area contributed by atoms with Crippen LogP contribution in [0.4, 0.5) is 5.69 Å². The van der Waals surface area contributed by atoms with E-state index in [1.54, 1.807) is 12.3 Å². The predicted molar refractivity (Wildman–Crippen MR) is 89.6 cm³/mol. The molecule has 1 saturated heterocycles. The fourth-order valence-electron chi connectivity index (χ4n) is 2.64. The van der Waals surface area contributed by atoms with E-state index in [2.05, 4.69) is 9.88 Å². The quantitative estimate of drug-likeness (QED) is 0.775. The number of fused-ring (bicyclic) bond motifs is 1. The Kier molecular flexibility index (Phi) is 4.96. The molecule has 0 radical (unpaired) electrons. The van der Waals surface area contributed by atoms with E-state index in [0.29, 0.717) is 25.5 Å². The van der Waals surface area contributed by atoms with Gasteiger partial charge < -0.3 is 14.4 Å². The van der Waals surface area contributed by atoms with E-state index < -0.39 is 0 Å². The molecular formula is C17H20N4O3. The zero-order valence-electron chi connectivity index (χ0n) is 13.7. The molecule has 3 rings (SSSR count). The third-order valence-electron chi connectivity index (χ3n) is 3.99. The molecule has 0 spiro atoms. The summed E-state index contributed by atoms with van der Waals surface area (Å²) in [5, 5.41) is 9.25. The minimum absolute atomic E-state index is 0.0302. The molecule has 7 heteroatoms. The van der Waals surface area contributed by atoms with Crippen LogP contribution >= 0.6 is 0 Å². The Hall–Kier alpha value is -2.59. The van der Waals surface area contributed by atoms with Gasteiger partial charge in [-0.3, -0.25) is 9.20 Å². The molecule has 0 amide bonds. The molecule has 1 aliphatic heterocycles. The molecule has 0 N–H and O–H groups in total. The highest BCUT2D eigenvalue weighted by Gasteiger charge is 2.16. The van der Waals surface area contributed by atoms with Gasteiger partial charge in [-0.2, -0.15) is 5.26 Å². The van der Waals surface area contributed by atoms with Crippen LogP contribution in [0.2, 0.25) is 0 Å². The van der Waals surface area contributed by atoms with Crippen molar-refractivity contribution in [3.63, 3.8) is 0 Å². The summed E-state index contributed by atoms with van der Waals surface area (Å²) in [6, 6.07) is 5.62. The SMILES string of the molecule is CCCCOc1c(C#N)nc2ccc(N3CCOCC3)cn2c1=O. The van der Waals surface area contributed by atoms with Crippen molar-refractivity contribution in [1.29, 1.82) is 5.26 Å². The highest BCUT2D eigenvalue weighted by Crippen LogP contribution is 2.18. The summed E-state index contributed by atoms with van der Waals surface area (Å²) in [4.78, 5) is 19.2. The maximum Gasteiger partial charge on any atom is 0.301 e. The molecule has 2 aromatic rings. The van der Waals surface area contributed by atoms with E-state index in [1.165, 1.54) is 4.40 Å². The lowest BCUT2D eigenvalue weighted by Gasteiger charge is -2.28. The number of nitrogens with zero attached hydrogens (tertiary/aromatic N) is 4. The molecule has 7 nitrogen and oxygen atoms in total. The van der Waals surface area contributed by atoms with Crippen LogP contribution in [-0.4, -0.2) is 42.3 Å². The molecule has 0 bridgehead atoms. The van der Waals surface area contributed by atoms with Crippen molar-refractivity contribution in [2.45, 2.75) is 19.8 Å². The Bertz CT molecular complexity index is 819. The second-order valence-electron chi connectivity index (χ2n) is 5.62. The number of pyridine rings is 1. The van der Waals surface area contributed by atoms with E-state index in [1.807, 2.05) is 19.1 Å². The fourth-order valence-corrected chi connectivity index (χ4v) is 2.64. The van der Waals surface area contributed by atoms with Crippen LogP contribution < -0.4 is 15.2 Å². The lowest BCUT2D eigenvalue weighted by molar-refractivity contribution is 0.122. The van der Waals surface area contributed by atoms with Gasteiger partial charge in [0.1, 0.15) is 11.7 Å². The Labute approximate surface area is 140 Å². The average Bonchev–Trinajstić information content (AvgIpc) is 2.64. The number of aromatic nitrogens is 2. The van der Waals surface area contributed by atoms with Crippen molar-refractivity contribution in [2.24, 2.45) is 0 Å². The number of rotatable bonds is 5. The maximum absolute atomic E-state index is 12.7. The van der Waals surface area contributed by atoms with Gasteiger partial charge in [0.15, 0.2) is 5.69 Å². The van der Waals surface area contributed by atoms with Crippen molar-refractivity contribution >= 4 is 11.3 Å². The minimum Gasteiger partial charge on any atom is -0.486 e. The summed E-state index contributed by atoms with van der Waals surface area (Å²) in [6.07, 6.45) is 3.52. The van der Waals surface area contributed by atoms with Crippen molar-refractivity contribution in [1.82, 2.24) is 9.38 Å². The molecule has 1 fully saturated rings. The van der Waals surface area contributed by atoms with Crippen LogP contribution in [0.3, 0.4) is 0 Å². The molecule has 0 atom stereocenters. The first-order valence-electron chi connectivity index (χ1n) is 8.16. The Morgan fingerprint density at radius 2 is 2.17 bits per heavy atom. The van der Waals surface area contributed by atoms with Gasteiger partial charge >= 0.3 is 5.56 Å². The number of hydrogen-bond donors (Lipinski definition) is 0. The molecule has 24 heavy (non-hydrogen) atoms. The molecule has 0 aromatic carbocycles. The lowest BCUT2D eigenvalue weighted by Crippen LogP contribution is -2.36. The second-order valence-corrected chi connectivity index (χ2v) is 5.62. The van der Waals surface area contributed by atoms with E-state index >= 15 is 0 Å². The topological polar surface area (TPSA) is 79.9 Å². The van der Waals surface area contributed by atoms with Gasteiger partial charge in [0, 0.05) is 19.3 Å². The van der Waals surface area contributed by atoms with Crippen molar-refractivity contribution in [3.8, 4) is 11.8 Å². The number of hydrogen-bond acceptors (Lipinski definition) is 6. The van der Waals surface area contributed by atoms with Crippen molar-refractivity contribution in [3.05, 3.63) is 34.4 Å². The summed E-state index contributed by atoms with van der Waals surface area (Å²) < 4.78 is 12.4. The number of morpholine rings is 1. The molecule has 0 aliphatic carbocycles. The first kappa shape index (κ1) is 16.3. The molecule has 0 saturated carbocycles. The van der Waals surface area contributed by atoms with Gasteiger partial charge in [-0.15, -0.1) is 0 Å². The average molecular weight is 328 g/mol. The summed E-state index contributed by atoms with van der Waals surface area (Å²) >= 11 is 0. The monoisotopic (exact) mass is 328 g/mol. The highest BCUT2D eigenvalue weighted by molar-refractivity contribution is 5.54. The van der Waals surface area contributed by atoms with E-state index in [4.69, 9.17) is 9.47 Å². The number of ether oxygens (including phenoxy) is 2. The van der Waals surface area contributed by atoms with Crippen LogP contribution in [0.25, 0.3) is 5.65 Å².